The molecule has 1 unspecified atom stereocenters. The van der Waals surface area contributed by atoms with Crippen molar-refractivity contribution >= 4 is 29.3 Å². The van der Waals surface area contributed by atoms with Crippen LogP contribution in [0.3, 0.4) is 0 Å². The molecule has 142 valence electrons. The number of carbonyl (C=O) groups excluding carboxylic acids is 1. The van der Waals surface area contributed by atoms with E-state index in [2.05, 4.69) is 13.8 Å². The Morgan fingerprint density at radius 2 is 1.89 bits per heavy atom. The summed E-state index contributed by atoms with van der Waals surface area (Å²) < 4.78 is 5.70. The third-order valence-electron chi connectivity index (χ3n) is 4.17. The molecular formula is C21H23NO4S. The second kappa shape index (κ2) is 8.48. The van der Waals surface area contributed by atoms with Crippen LogP contribution in [-0.4, -0.2) is 28.8 Å². The number of carbonyl (C=O) groups is 2. The number of aliphatic carboxylic acids is 1. The van der Waals surface area contributed by atoms with Crippen LogP contribution in [0.4, 0.5) is 5.69 Å². The number of ether oxygens (including phenoxy) is 1. The van der Waals surface area contributed by atoms with Crippen molar-refractivity contribution in [1.82, 2.24) is 0 Å². The third-order valence-corrected chi connectivity index (χ3v) is 5.43. The van der Waals surface area contributed by atoms with E-state index in [1.807, 2.05) is 48.5 Å². The predicted octanol–water partition coefficient (Wildman–Crippen LogP) is 4.20. The molecule has 27 heavy (non-hydrogen) atoms. The molecule has 0 spiro atoms. The molecule has 3 rings (SSSR count). The standard InChI is InChI=1S/C21H23NO4S/c1-14(2)13-26-16-9-7-15(8-10-16)12-22-17-5-3-4-6-18(17)27-19(21(22)25)11-20(23)24/h3-10,14,19H,11-13H2,1-2H3,(H,23,24). The number of amides is 1. The van der Waals surface area contributed by atoms with E-state index in [0.717, 1.165) is 21.9 Å². The van der Waals surface area contributed by atoms with Crippen molar-refractivity contribution in [2.75, 3.05) is 11.5 Å². The van der Waals surface area contributed by atoms with Crippen molar-refractivity contribution in [3.8, 4) is 5.75 Å². The van der Waals surface area contributed by atoms with E-state index in [9.17, 15) is 9.59 Å². The fourth-order valence-corrected chi connectivity index (χ4v) is 4.08. The Balaban J connectivity index is 1.79. The largest absolute Gasteiger partial charge is 0.493 e. The molecule has 1 heterocycles. The van der Waals surface area contributed by atoms with E-state index in [0.29, 0.717) is 19.1 Å². The lowest BCUT2D eigenvalue weighted by Gasteiger charge is -2.33. The smallest absolute Gasteiger partial charge is 0.305 e. The zero-order valence-corrected chi connectivity index (χ0v) is 16.2. The minimum absolute atomic E-state index is 0.166. The fraction of sp³-hybridized carbons (Fsp3) is 0.333. The van der Waals surface area contributed by atoms with Gasteiger partial charge in [-0.25, -0.2) is 0 Å². The summed E-state index contributed by atoms with van der Waals surface area (Å²) in [6.07, 6.45) is -0.184. The predicted molar refractivity (Wildman–Crippen MR) is 106 cm³/mol. The summed E-state index contributed by atoms with van der Waals surface area (Å²) in [6.45, 7) is 5.25. The summed E-state index contributed by atoms with van der Waals surface area (Å²) in [6, 6.07) is 15.3. The summed E-state index contributed by atoms with van der Waals surface area (Å²) in [7, 11) is 0. The van der Waals surface area contributed by atoms with Crippen LogP contribution < -0.4 is 9.64 Å². The Labute approximate surface area is 163 Å². The number of fused-ring (bicyclic) bond motifs is 1. The molecule has 0 radical (unpaired) electrons. The van der Waals surface area contributed by atoms with Gasteiger partial charge in [0.1, 0.15) is 5.75 Å². The van der Waals surface area contributed by atoms with Crippen molar-refractivity contribution in [2.24, 2.45) is 5.92 Å². The number of para-hydroxylation sites is 1. The highest BCUT2D eigenvalue weighted by molar-refractivity contribution is 8.01. The van der Waals surface area contributed by atoms with Crippen LogP contribution in [-0.2, 0) is 16.1 Å². The molecule has 0 bridgehead atoms. The molecule has 1 aliphatic heterocycles. The van der Waals surface area contributed by atoms with Gasteiger partial charge in [-0.1, -0.05) is 38.1 Å². The highest BCUT2D eigenvalue weighted by atomic mass is 32.2. The van der Waals surface area contributed by atoms with E-state index < -0.39 is 11.2 Å². The van der Waals surface area contributed by atoms with E-state index >= 15 is 0 Å². The number of nitrogens with zero attached hydrogens (tertiary/aromatic N) is 1. The maximum Gasteiger partial charge on any atom is 0.305 e. The number of hydrogen-bond donors (Lipinski definition) is 1. The lowest BCUT2D eigenvalue weighted by Crippen LogP contribution is -2.41. The van der Waals surface area contributed by atoms with Gasteiger partial charge in [0.15, 0.2) is 0 Å². The normalized spacial score (nSPS) is 16.3. The SMILES string of the molecule is CC(C)COc1ccc(CN2C(=O)C(CC(=O)O)Sc3ccccc32)cc1. The molecule has 5 nitrogen and oxygen atoms in total. The number of carboxylic acid groups (broad SMARTS) is 1. The Kier molecular flexibility index (Phi) is 6.06. The molecule has 0 saturated heterocycles. The van der Waals surface area contributed by atoms with Crippen molar-refractivity contribution in [2.45, 2.75) is 37.0 Å². The van der Waals surface area contributed by atoms with Gasteiger partial charge in [0.05, 0.1) is 30.5 Å². The minimum atomic E-state index is -0.966. The summed E-state index contributed by atoms with van der Waals surface area (Å²) in [4.78, 5) is 26.6. The number of anilines is 1. The van der Waals surface area contributed by atoms with Gasteiger partial charge in [-0.15, -0.1) is 11.8 Å². The first kappa shape index (κ1) is 19.3. The molecule has 2 aromatic rings. The number of rotatable bonds is 7. The molecule has 1 atom stereocenters. The van der Waals surface area contributed by atoms with Crippen molar-refractivity contribution in [3.63, 3.8) is 0 Å². The molecule has 1 amide bonds. The first-order chi connectivity index (χ1) is 12.9. The van der Waals surface area contributed by atoms with Crippen LogP contribution in [0, 0.1) is 5.92 Å². The summed E-state index contributed by atoms with van der Waals surface area (Å²) in [5, 5.41) is 8.52. The molecule has 2 aromatic carbocycles. The number of benzene rings is 2. The first-order valence-electron chi connectivity index (χ1n) is 8.94. The Morgan fingerprint density at radius 3 is 2.56 bits per heavy atom. The average Bonchev–Trinajstić information content (AvgIpc) is 2.64. The van der Waals surface area contributed by atoms with Gasteiger partial charge < -0.3 is 14.7 Å². The molecule has 0 saturated carbocycles. The van der Waals surface area contributed by atoms with E-state index in [-0.39, 0.29) is 12.3 Å². The number of thioether (sulfide) groups is 1. The second-order valence-electron chi connectivity index (χ2n) is 6.95. The zero-order chi connectivity index (χ0) is 19.4. The summed E-state index contributed by atoms with van der Waals surface area (Å²) in [5.41, 5.74) is 1.80. The second-order valence-corrected chi connectivity index (χ2v) is 8.19. The molecule has 6 heteroatoms. The molecule has 0 aromatic heterocycles. The summed E-state index contributed by atoms with van der Waals surface area (Å²) >= 11 is 1.33. The molecule has 0 fully saturated rings. The van der Waals surface area contributed by atoms with Gasteiger partial charge >= 0.3 is 5.97 Å². The number of hydrogen-bond acceptors (Lipinski definition) is 4. The van der Waals surface area contributed by atoms with Crippen LogP contribution in [0.5, 0.6) is 5.75 Å². The van der Waals surface area contributed by atoms with Gasteiger partial charge in [0.25, 0.3) is 0 Å². The quantitative estimate of drug-likeness (QED) is 0.774. The van der Waals surface area contributed by atoms with Gasteiger partial charge in [-0.3, -0.25) is 9.59 Å². The van der Waals surface area contributed by atoms with Crippen LogP contribution in [0.15, 0.2) is 53.4 Å². The maximum absolute atomic E-state index is 12.9. The summed E-state index contributed by atoms with van der Waals surface area (Å²) in [5.74, 6) is 0.126. The monoisotopic (exact) mass is 385 g/mol. The molecule has 1 aliphatic rings. The van der Waals surface area contributed by atoms with Crippen LogP contribution in [0.25, 0.3) is 0 Å². The van der Waals surface area contributed by atoms with E-state index in [1.54, 1.807) is 4.90 Å². The van der Waals surface area contributed by atoms with Crippen LogP contribution in [0.2, 0.25) is 0 Å². The lowest BCUT2D eigenvalue weighted by molar-refractivity contribution is -0.138. The Hall–Kier alpha value is -2.47. The first-order valence-corrected chi connectivity index (χ1v) is 9.82. The molecular weight excluding hydrogens is 362 g/mol. The fourth-order valence-electron chi connectivity index (χ4n) is 2.86. The zero-order valence-electron chi connectivity index (χ0n) is 15.4. The van der Waals surface area contributed by atoms with Gasteiger partial charge in [-0.2, -0.15) is 0 Å². The molecule has 1 N–H and O–H groups in total. The average molecular weight is 385 g/mol. The van der Waals surface area contributed by atoms with Crippen molar-refractivity contribution in [1.29, 1.82) is 0 Å². The van der Waals surface area contributed by atoms with Gasteiger partial charge in [0.2, 0.25) is 5.91 Å². The Bertz CT molecular complexity index is 819. The highest BCUT2D eigenvalue weighted by Gasteiger charge is 2.34. The maximum atomic E-state index is 12.9. The highest BCUT2D eigenvalue weighted by Crippen LogP contribution is 2.40. The topological polar surface area (TPSA) is 66.8 Å². The molecule has 0 aliphatic carbocycles. The van der Waals surface area contributed by atoms with Gasteiger partial charge in [-0.05, 0) is 35.7 Å². The lowest BCUT2D eigenvalue weighted by atomic mass is 10.1. The minimum Gasteiger partial charge on any atom is -0.493 e. The van der Waals surface area contributed by atoms with Crippen molar-refractivity contribution < 1.29 is 19.4 Å². The third kappa shape index (κ3) is 4.83. The van der Waals surface area contributed by atoms with Gasteiger partial charge in [0, 0.05) is 4.90 Å². The van der Waals surface area contributed by atoms with E-state index in [4.69, 9.17) is 9.84 Å². The van der Waals surface area contributed by atoms with E-state index in [1.165, 1.54) is 11.8 Å². The Morgan fingerprint density at radius 1 is 1.19 bits per heavy atom. The van der Waals surface area contributed by atoms with Crippen LogP contribution >= 0.6 is 11.8 Å². The van der Waals surface area contributed by atoms with Crippen molar-refractivity contribution in [3.05, 3.63) is 54.1 Å². The number of carboxylic acids is 1. The van der Waals surface area contributed by atoms with Crippen LogP contribution in [0.1, 0.15) is 25.8 Å².